The first-order valence-electron chi connectivity index (χ1n) is 7.98. The number of nitrogens with one attached hydrogen (secondary N) is 1. The van der Waals surface area contributed by atoms with Gasteiger partial charge in [0.05, 0.1) is 23.6 Å². The van der Waals surface area contributed by atoms with Crippen molar-refractivity contribution in [1.82, 2.24) is 14.9 Å². The first-order valence-corrected chi connectivity index (χ1v) is 7.98. The van der Waals surface area contributed by atoms with Crippen LogP contribution in [0.4, 0.5) is 0 Å². The van der Waals surface area contributed by atoms with Gasteiger partial charge >= 0.3 is 0 Å². The summed E-state index contributed by atoms with van der Waals surface area (Å²) in [7, 11) is 0. The third kappa shape index (κ3) is 3.11. The standard InChI is InChI=1S/C19H21N3O/c1-3-19(23)20-13-18-21-16-11-7-8-12-17(16)22(18)14(2)15-9-5-4-6-10-15/h4-12,14H,3,13H2,1-2H3,(H,20,23). The van der Waals surface area contributed by atoms with Gasteiger partial charge in [0.1, 0.15) is 5.82 Å². The Balaban J connectivity index is 2.04. The van der Waals surface area contributed by atoms with Crippen molar-refractivity contribution in [2.24, 2.45) is 0 Å². The molecule has 2 aromatic carbocycles. The highest BCUT2D eigenvalue weighted by molar-refractivity contribution is 5.77. The SMILES string of the molecule is CCC(=O)NCc1nc2ccccc2n1C(C)c1ccccc1. The molecule has 1 unspecified atom stereocenters. The van der Waals surface area contributed by atoms with Gasteiger partial charge in [-0.15, -0.1) is 0 Å². The number of hydrogen-bond acceptors (Lipinski definition) is 2. The summed E-state index contributed by atoms with van der Waals surface area (Å²) >= 11 is 0. The Bertz CT molecular complexity index is 808. The van der Waals surface area contributed by atoms with Crippen molar-refractivity contribution >= 4 is 16.9 Å². The summed E-state index contributed by atoms with van der Waals surface area (Å²) in [4.78, 5) is 16.3. The molecule has 0 aliphatic rings. The van der Waals surface area contributed by atoms with E-state index in [-0.39, 0.29) is 11.9 Å². The predicted molar refractivity (Wildman–Crippen MR) is 92.1 cm³/mol. The van der Waals surface area contributed by atoms with E-state index in [1.54, 1.807) is 0 Å². The lowest BCUT2D eigenvalue weighted by atomic mass is 10.1. The Labute approximate surface area is 136 Å². The van der Waals surface area contributed by atoms with E-state index in [2.05, 4.69) is 35.0 Å². The van der Waals surface area contributed by atoms with Gasteiger partial charge in [-0.2, -0.15) is 0 Å². The number of carbonyl (C=O) groups is 1. The third-order valence-electron chi connectivity index (χ3n) is 4.10. The molecule has 1 N–H and O–H groups in total. The highest BCUT2D eigenvalue weighted by atomic mass is 16.1. The second-order valence-electron chi connectivity index (χ2n) is 5.60. The lowest BCUT2D eigenvalue weighted by Crippen LogP contribution is -2.24. The van der Waals surface area contributed by atoms with E-state index in [0.29, 0.717) is 13.0 Å². The highest BCUT2D eigenvalue weighted by Crippen LogP contribution is 2.25. The van der Waals surface area contributed by atoms with Gasteiger partial charge in [0.15, 0.2) is 0 Å². The first-order chi connectivity index (χ1) is 11.2. The molecule has 23 heavy (non-hydrogen) atoms. The number of hydrogen-bond donors (Lipinski definition) is 1. The van der Waals surface area contributed by atoms with Gasteiger partial charge in [0.2, 0.25) is 5.91 Å². The number of amides is 1. The molecule has 0 fully saturated rings. The number of nitrogens with zero attached hydrogens (tertiary/aromatic N) is 2. The minimum atomic E-state index is 0.0379. The number of fused-ring (bicyclic) bond motifs is 1. The summed E-state index contributed by atoms with van der Waals surface area (Å²) in [6.45, 7) is 4.46. The maximum absolute atomic E-state index is 11.6. The smallest absolute Gasteiger partial charge is 0.220 e. The zero-order valence-corrected chi connectivity index (χ0v) is 13.5. The Morgan fingerprint density at radius 2 is 1.83 bits per heavy atom. The maximum atomic E-state index is 11.6. The van der Waals surface area contributed by atoms with E-state index < -0.39 is 0 Å². The van der Waals surface area contributed by atoms with E-state index in [1.165, 1.54) is 5.56 Å². The van der Waals surface area contributed by atoms with E-state index in [4.69, 9.17) is 4.98 Å². The Morgan fingerprint density at radius 3 is 2.57 bits per heavy atom. The summed E-state index contributed by atoms with van der Waals surface area (Å²) < 4.78 is 2.21. The van der Waals surface area contributed by atoms with Crippen LogP contribution in [0.15, 0.2) is 54.6 Å². The van der Waals surface area contributed by atoms with Crippen LogP contribution in [-0.4, -0.2) is 15.5 Å². The monoisotopic (exact) mass is 307 g/mol. The summed E-state index contributed by atoms with van der Waals surface area (Å²) in [6, 6.07) is 18.6. The molecule has 0 radical (unpaired) electrons. The molecule has 0 bridgehead atoms. The van der Waals surface area contributed by atoms with Crippen molar-refractivity contribution in [3.63, 3.8) is 0 Å². The van der Waals surface area contributed by atoms with Crippen LogP contribution >= 0.6 is 0 Å². The van der Waals surface area contributed by atoms with E-state index >= 15 is 0 Å². The molecule has 4 heteroatoms. The number of aromatic nitrogens is 2. The van der Waals surface area contributed by atoms with Crippen LogP contribution in [0.25, 0.3) is 11.0 Å². The number of rotatable bonds is 5. The van der Waals surface area contributed by atoms with E-state index in [9.17, 15) is 4.79 Å². The van der Waals surface area contributed by atoms with Crippen LogP contribution in [0, 0.1) is 0 Å². The van der Waals surface area contributed by atoms with Gasteiger partial charge in [-0.05, 0) is 24.6 Å². The zero-order chi connectivity index (χ0) is 16.2. The number of carbonyl (C=O) groups excluding carboxylic acids is 1. The van der Waals surface area contributed by atoms with Crippen molar-refractivity contribution in [3.05, 3.63) is 66.0 Å². The Hall–Kier alpha value is -2.62. The van der Waals surface area contributed by atoms with Gasteiger partial charge in [-0.25, -0.2) is 4.98 Å². The molecule has 3 aromatic rings. The molecule has 1 aromatic heterocycles. The molecule has 1 amide bonds. The Morgan fingerprint density at radius 1 is 1.13 bits per heavy atom. The largest absolute Gasteiger partial charge is 0.349 e. The third-order valence-corrected chi connectivity index (χ3v) is 4.10. The van der Waals surface area contributed by atoms with Gasteiger partial charge in [0, 0.05) is 6.42 Å². The minimum Gasteiger partial charge on any atom is -0.349 e. The Kier molecular flexibility index (Phi) is 4.42. The van der Waals surface area contributed by atoms with Crippen LogP contribution in [-0.2, 0) is 11.3 Å². The fourth-order valence-corrected chi connectivity index (χ4v) is 2.83. The lowest BCUT2D eigenvalue weighted by molar-refractivity contribution is -0.120. The van der Waals surface area contributed by atoms with Crippen LogP contribution in [0.5, 0.6) is 0 Å². The van der Waals surface area contributed by atoms with Gasteiger partial charge < -0.3 is 9.88 Å². The molecule has 0 spiro atoms. The first kappa shape index (κ1) is 15.3. The fraction of sp³-hybridized carbons (Fsp3) is 0.263. The molecule has 0 saturated carbocycles. The second-order valence-corrected chi connectivity index (χ2v) is 5.60. The lowest BCUT2D eigenvalue weighted by Gasteiger charge is -2.18. The molecule has 0 saturated heterocycles. The summed E-state index contributed by atoms with van der Waals surface area (Å²) in [6.07, 6.45) is 0.481. The second kappa shape index (κ2) is 6.65. The maximum Gasteiger partial charge on any atom is 0.220 e. The summed E-state index contributed by atoms with van der Waals surface area (Å²) in [5.41, 5.74) is 3.26. The van der Waals surface area contributed by atoms with Crippen molar-refractivity contribution in [3.8, 4) is 0 Å². The van der Waals surface area contributed by atoms with Gasteiger partial charge in [-0.1, -0.05) is 49.4 Å². The highest BCUT2D eigenvalue weighted by Gasteiger charge is 2.17. The van der Waals surface area contributed by atoms with Gasteiger partial charge in [-0.3, -0.25) is 4.79 Å². The average Bonchev–Trinajstić information content (AvgIpc) is 2.98. The molecular formula is C19H21N3O. The topological polar surface area (TPSA) is 46.9 Å². The quantitative estimate of drug-likeness (QED) is 0.781. The fourth-order valence-electron chi connectivity index (χ4n) is 2.83. The molecule has 3 rings (SSSR count). The van der Waals surface area contributed by atoms with Crippen molar-refractivity contribution < 1.29 is 4.79 Å². The summed E-state index contributed by atoms with van der Waals surface area (Å²) in [5.74, 6) is 0.917. The molecular weight excluding hydrogens is 286 g/mol. The molecule has 0 aliphatic heterocycles. The van der Waals surface area contributed by atoms with Crippen molar-refractivity contribution in [1.29, 1.82) is 0 Å². The van der Waals surface area contributed by atoms with Crippen LogP contribution in [0.1, 0.15) is 37.7 Å². The molecule has 1 atom stereocenters. The van der Waals surface area contributed by atoms with E-state index in [1.807, 2.05) is 43.3 Å². The molecule has 1 heterocycles. The minimum absolute atomic E-state index is 0.0379. The zero-order valence-electron chi connectivity index (χ0n) is 13.5. The van der Waals surface area contributed by atoms with Crippen LogP contribution < -0.4 is 5.32 Å². The molecule has 0 aliphatic carbocycles. The predicted octanol–water partition coefficient (Wildman–Crippen LogP) is 3.67. The van der Waals surface area contributed by atoms with Gasteiger partial charge in [0.25, 0.3) is 0 Å². The average molecular weight is 307 g/mol. The molecule has 4 nitrogen and oxygen atoms in total. The van der Waals surface area contributed by atoms with Crippen LogP contribution in [0.2, 0.25) is 0 Å². The van der Waals surface area contributed by atoms with Crippen molar-refractivity contribution in [2.75, 3.05) is 0 Å². The number of benzene rings is 2. The summed E-state index contributed by atoms with van der Waals surface area (Å²) in [5, 5.41) is 2.93. The van der Waals surface area contributed by atoms with Crippen LogP contribution in [0.3, 0.4) is 0 Å². The van der Waals surface area contributed by atoms with Crippen molar-refractivity contribution in [2.45, 2.75) is 32.9 Å². The number of para-hydroxylation sites is 2. The van der Waals surface area contributed by atoms with E-state index in [0.717, 1.165) is 16.9 Å². The molecule has 118 valence electrons. The normalized spacial score (nSPS) is 12.3. The number of imidazole rings is 1.